The topological polar surface area (TPSA) is 156 Å². The third kappa shape index (κ3) is 7.79. The summed E-state index contributed by atoms with van der Waals surface area (Å²) in [5, 5.41) is 10.4. The van der Waals surface area contributed by atoms with E-state index in [9.17, 15) is 22.4 Å². The number of aromatic nitrogens is 4. The number of nitrogens with zero attached hydrogens (tertiary/aromatic N) is 3. The highest BCUT2D eigenvalue weighted by Gasteiger charge is 2.20. The first-order valence-corrected chi connectivity index (χ1v) is 16.1. The Labute approximate surface area is 273 Å². The van der Waals surface area contributed by atoms with Gasteiger partial charge in [-0.15, -0.1) is 0 Å². The Kier molecular flexibility index (Phi) is 9.50. The lowest BCUT2D eigenvalue weighted by atomic mass is 10.0. The average Bonchev–Trinajstić information content (AvgIpc) is 3.46. The van der Waals surface area contributed by atoms with Gasteiger partial charge >= 0.3 is 0 Å². The molecule has 0 fully saturated rings. The molecule has 0 radical (unpaired) electrons. The van der Waals surface area contributed by atoms with Crippen molar-refractivity contribution in [1.82, 2.24) is 19.7 Å². The van der Waals surface area contributed by atoms with Crippen molar-refractivity contribution in [3.05, 3.63) is 130 Å². The number of rotatable bonds is 6. The summed E-state index contributed by atoms with van der Waals surface area (Å²) in [6.45, 7) is 5.25. The van der Waals surface area contributed by atoms with Crippen LogP contribution in [0.1, 0.15) is 27.3 Å². The molecule has 6 rings (SSSR count). The van der Waals surface area contributed by atoms with E-state index in [4.69, 9.17) is 9.29 Å². The van der Waals surface area contributed by atoms with Crippen LogP contribution in [0, 0.1) is 32.4 Å². The predicted octanol–water partition coefficient (Wildman–Crippen LogP) is 6.53. The first kappa shape index (κ1) is 33.6. The van der Waals surface area contributed by atoms with Crippen molar-refractivity contribution < 1.29 is 31.3 Å². The number of benzene rings is 3. The number of carbonyl (C=O) groups is 1. The molecule has 11 nitrogen and oxygen atoms in total. The number of ether oxygens (including phenoxy) is 1. The van der Waals surface area contributed by atoms with Crippen LogP contribution < -0.4 is 15.6 Å². The number of pyridine rings is 2. The van der Waals surface area contributed by atoms with Crippen LogP contribution in [0.15, 0.2) is 90.0 Å². The molecule has 3 aromatic heterocycles. The first-order chi connectivity index (χ1) is 22.7. The molecule has 0 saturated carbocycles. The molecule has 0 unspecified atom stereocenters. The number of nitrogens with one attached hydrogen (secondary N) is 2. The van der Waals surface area contributed by atoms with Crippen molar-refractivity contribution in [2.45, 2.75) is 20.8 Å². The van der Waals surface area contributed by atoms with E-state index in [1.165, 1.54) is 41.0 Å². The van der Waals surface area contributed by atoms with Gasteiger partial charge in [-0.2, -0.15) is 13.5 Å². The fraction of sp³-hybridized carbons (Fsp3) is 0.118. The van der Waals surface area contributed by atoms with Gasteiger partial charge in [0.05, 0.1) is 18.0 Å². The van der Waals surface area contributed by atoms with Gasteiger partial charge in [-0.25, -0.2) is 8.78 Å². The standard InChI is InChI=1S/C33H25F2N5O3.CH4O3S/c1-18-12-20(3)40(25-9-6-23(34)7-10-25)33(42)31(18)32(41)38-24-8-11-29(27(35)14-24)43-30-13-22-17-37-39-28(22)15-26(30)21-5-4-19(2)36-16-21;1-5(2,3)4/h4-17H,1-3H3,(H,37,39)(H,38,41);1H3,(H,2,3,4). The fourth-order valence-corrected chi connectivity index (χ4v) is 4.96. The lowest BCUT2D eigenvalue weighted by Gasteiger charge is -2.15. The molecule has 0 bridgehead atoms. The van der Waals surface area contributed by atoms with Gasteiger partial charge in [0.1, 0.15) is 17.1 Å². The molecule has 3 aromatic carbocycles. The summed E-state index contributed by atoms with van der Waals surface area (Å²) in [6.07, 6.45) is 4.07. The van der Waals surface area contributed by atoms with E-state index in [1.807, 2.05) is 25.1 Å². The Morgan fingerprint density at radius 1 is 0.938 bits per heavy atom. The summed E-state index contributed by atoms with van der Waals surface area (Å²) in [5.74, 6) is -1.54. The van der Waals surface area contributed by atoms with Crippen molar-refractivity contribution in [2.75, 3.05) is 11.6 Å². The van der Waals surface area contributed by atoms with E-state index >= 15 is 4.39 Å². The van der Waals surface area contributed by atoms with Crippen molar-refractivity contribution in [1.29, 1.82) is 0 Å². The van der Waals surface area contributed by atoms with Gasteiger partial charge in [0.25, 0.3) is 21.6 Å². The number of carbonyl (C=O) groups excluding carboxylic acids is 1. The largest absolute Gasteiger partial charge is 0.454 e. The summed E-state index contributed by atoms with van der Waals surface area (Å²) in [4.78, 5) is 31.0. The minimum Gasteiger partial charge on any atom is -0.454 e. The highest BCUT2D eigenvalue weighted by atomic mass is 32.2. The molecule has 0 aliphatic heterocycles. The zero-order valence-electron chi connectivity index (χ0n) is 26.1. The molecule has 0 saturated heterocycles. The number of H-pyrrole nitrogens is 1. The van der Waals surface area contributed by atoms with Crippen LogP contribution >= 0.6 is 0 Å². The SMILES string of the molecule is CS(=O)(=O)O.Cc1ccc(-c2cc3[nH]ncc3cc2Oc2ccc(NC(=O)c3c(C)cc(C)n(-c4ccc(F)cc4)c3=O)cc2F)cn1. The summed E-state index contributed by atoms with van der Waals surface area (Å²) in [7, 11) is -3.67. The number of hydrogen-bond donors (Lipinski definition) is 3. The lowest BCUT2D eigenvalue weighted by Crippen LogP contribution is -2.31. The van der Waals surface area contributed by atoms with E-state index in [2.05, 4.69) is 20.5 Å². The van der Waals surface area contributed by atoms with Gasteiger partial charge in [-0.05, 0) is 87.0 Å². The third-order valence-corrected chi connectivity index (χ3v) is 7.07. The molecule has 3 N–H and O–H groups in total. The third-order valence-electron chi connectivity index (χ3n) is 7.07. The molecule has 6 aromatic rings. The molecule has 14 heteroatoms. The van der Waals surface area contributed by atoms with Gasteiger partial charge in [0, 0.05) is 51.5 Å². The number of fused-ring (bicyclic) bond motifs is 1. The Bertz CT molecular complexity index is 2310. The van der Waals surface area contributed by atoms with Crippen molar-refractivity contribution in [2.24, 2.45) is 0 Å². The van der Waals surface area contributed by atoms with E-state index in [0.717, 1.165) is 28.2 Å². The molecule has 48 heavy (non-hydrogen) atoms. The lowest BCUT2D eigenvalue weighted by molar-refractivity contribution is 0.102. The maximum atomic E-state index is 15.4. The summed E-state index contributed by atoms with van der Waals surface area (Å²) in [5.41, 5.74) is 4.00. The number of aromatic amines is 1. The molecular formula is C34H29F2N5O6S. The first-order valence-electron chi connectivity index (χ1n) is 14.3. The van der Waals surface area contributed by atoms with E-state index in [0.29, 0.717) is 34.5 Å². The van der Waals surface area contributed by atoms with Crippen LogP contribution in [0.25, 0.3) is 27.7 Å². The number of amides is 1. The predicted molar refractivity (Wildman–Crippen MR) is 177 cm³/mol. The molecule has 0 aliphatic rings. The highest BCUT2D eigenvalue weighted by Crippen LogP contribution is 2.37. The number of hydrogen-bond acceptors (Lipinski definition) is 7. The summed E-state index contributed by atoms with van der Waals surface area (Å²) >= 11 is 0. The zero-order valence-corrected chi connectivity index (χ0v) is 26.9. The maximum absolute atomic E-state index is 15.4. The average molecular weight is 674 g/mol. The van der Waals surface area contributed by atoms with Gasteiger partial charge in [0.2, 0.25) is 0 Å². The molecular weight excluding hydrogens is 644 g/mol. The second-order valence-corrected chi connectivity index (χ2v) is 12.4. The molecule has 0 spiro atoms. The highest BCUT2D eigenvalue weighted by molar-refractivity contribution is 7.85. The number of halogens is 2. The van der Waals surface area contributed by atoms with Crippen molar-refractivity contribution in [3.8, 4) is 28.3 Å². The van der Waals surface area contributed by atoms with Crippen LogP contribution in [0.4, 0.5) is 14.5 Å². The molecule has 3 heterocycles. The molecule has 1 amide bonds. The van der Waals surface area contributed by atoms with Gasteiger partial charge in [0.15, 0.2) is 11.6 Å². The second kappa shape index (κ2) is 13.6. The zero-order chi connectivity index (χ0) is 34.7. The normalized spacial score (nSPS) is 11.1. The molecule has 246 valence electrons. The van der Waals surface area contributed by atoms with Crippen LogP contribution in [-0.2, 0) is 10.1 Å². The van der Waals surface area contributed by atoms with Gasteiger partial charge in [-0.3, -0.25) is 28.8 Å². The van der Waals surface area contributed by atoms with Crippen LogP contribution in [-0.4, -0.2) is 44.9 Å². The van der Waals surface area contributed by atoms with Crippen molar-refractivity contribution in [3.63, 3.8) is 0 Å². The van der Waals surface area contributed by atoms with E-state index in [-0.39, 0.29) is 17.0 Å². The Hall–Kier alpha value is -5.73. The second-order valence-electron chi connectivity index (χ2n) is 10.9. The Morgan fingerprint density at radius 3 is 2.29 bits per heavy atom. The summed E-state index contributed by atoms with van der Waals surface area (Å²) in [6, 6.07) is 18.5. The van der Waals surface area contributed by atoms with E-state index in [1.54, 1.807) is 38.4 Å². The van der Waals surface area contributed by atoms with Gasteiger partial charge < -0.3 is 10.1 Å². The maximum Gasteiger partial charge on any atom is 0.268 e. The number of anilines is 1. The van der Waals surface area contributed by atoms with Crippen LogP contribution in [0.2, 0.25) is 0 Å². The Balaban J connectivity index is 0.000000840. The van der Waals surface area contributed by atoms with Crippen molar-refractivity contribution >= 4 is 32.6 Å². The Morgan fingerprint density at radius 2 is 1.65 bits per heavy atom. The van der Waals surface area contributed by atoms with Crippen LogP contribution in [0.5, 0.6) is 11.5 Å². The van der Waals surface area contributed by atoms with Gasteiger partial charge in [-0.1, -0.05) is 6.07 Å². The quantitative estimate of drug-likeness (QED) is 0.169. The summed E-state index contributed by atoms with van der Waals surface area (Å²) < 4.78 is 62.1. The minimum absolute atomic E-state index is 0.0626. The number of aryl methyl sites for hydroxylation is 3. The monoisotopic (exact) mass is 673 g/mol. The minimum atomic E-state index is -3.67. The van der Waals surface area contributed by atoms with E-state index < -0.39 is 33.2 Å². The fourth-order valence-electron chi connectivity index (χ4n) is 4.96. The van der Waals surface area contributed by atoms with Crippen LogP contribution in [0.3, 0.4) is 0 Å². The molecule has 0 aliphatic carbocycles. The smallest absolute Gasteiger partial charge is 0.268 e. The molecule has 0 atom stereocenters.